The van der Waals surface area contributed by atoms with Gasteiger partial charge in [-0.1, -0.05) is 87.4 Å². The van der Waals surface area contributed by atoms with E-state index in [1.807, 2.05) is 50.2 Å². The first-order chi connectivity index (χ1) is 23.2. The lowest BCUT2D eigenvalue weighted by molar-refractivity contribution is -0.158. The Morgan fingerprint density at radius 1 is 0.625 bits per heavy atom. The van der Waals surface area contributed by atoms with E-state index in [4.69, 9.17) is 14.2 Å². The number of ether oxygens (including phenoxy) is 3. The lowest BCUT2D eigenvalue weighted by atomic mass is 10.1. The first-order valence-electron chi connectivity index (χ1n) is 16.1. The predicted octanol–water partition coefficient (Wildman–Crippen LogP) is 1.52. The van der Waals surface area contributed by atoms with Gasteiger partial charge in [0.2, 0.25) is 23.6 Å². The van der Waals surface area contributed by atoms with E-state index in [9.17, 15) is 28.8 Å². The number of unbranched alkanes of at least 4 members (excludes halogenated alkanes) is 2. The molecule has 0 aliphatic rings. The minimum atomic E-state index is -1.07. The molecule has 14 nitrogen and oxygen atoms in total. The number of hydrogen-bond donors (Lipinski definition) is 5. The van der Waals surface area contributed by atoms with Crippen LogP contribution in [0.15, 0.2) is 60.7 Å². The molecule has 0 aliphatic carbocycles. The number of benzene rings is 2. The van der Waals surface area contributed by atoms with E-state index < -0.39 is 67.5 Å². The molecule has 0 saturated carbocycles. The van der Waals surface area contributed by atoms with Crippen LogP contribution < -0.4 is 26.6 Å². The molecule has 2 atom stereocenters. The fourth-order valence-electron chi connectivity index (χ4n) is 4.08. The van der Waals surface area contributed by atoms with Gasteiger partial charge in [0.05, 0.1) is 26.3 Å². The van der Waals surface area contributed by atoms with Crippen LogP contribution in [0.2, 0.25) is 0 Å². The topological polar surface area (TPSA) is 190 Å². The summed E-state index contributed by atoms with van der Waals surface area (Å²) in [4.78, 5) is 74.5. The molecule has 2 aromatic carbocycles. The third-order valence-electron chi connectivity index (χ3n) is 6.75. The Labute approximate surface area is 281 Å². The largest absolute Gasteiger partial charge is 0.464 e. The van der Waals surface area contributed by atoms with Gasteiger partial charge in [0.15, 0.2) is 6.10 Å². The highest BCUT2D eigenvalue weighted by Gasteiger charge is 2.24. The number of nitrogens with one attached hydrogen (secondary N) is 5. The van der Waals surface area contributed by atoms with Crippen LogP contribution in [0.4, 0.5) is 4.79 Å². The normalized spacial score (nSPS) is 11.7. The van der Waals surface area contributed by atoms with Gasteiger partial charge in [0.1, 0.15) is 19.3 Å². The molecule has 0 aliphatic heterocycles. The molecule has 5 amide bonds. The minimum Gasteiger partial charge on any atom is -0.464 e. The number of hydrogen-bond acceptors (Lipinski definition) is 9. The molecule has 0 aromatic heterocycles. The van der Waals surface area contributed by atoms with Crippen molar-refractivity contribution in [3.8, 4) is 0 Å². The zero-order chi connectivity index (χ0) is 35.0. The standard InChI is InChI=1S/C34H47N5O9/c1-3-5-17-46-33(44)28(20-26-15-11-8-12-16-26)48-24-38-30(41)21-36-32(43)27(19-25-13-9-7-10-14-25)39-31(42)23-35-29(40)22-37-34(45)47-18-6-4-2/h7-16,27-28H,3-6,17-24H2,1-2H3,(H,35,40)(H,36,43)(H,37,45)(H,38,41)(H,39,42)/t27-,28?/m0/s1. The molecule has 0 radical (unpaired) electrons. The molecule has 48 heavy (non-hydrogen) atoms. The Bertz CT molecular complexity index is 1290. The summed E-state index contributed by atoms with van der Waals surface area (Å²) >= 11 is 0. The minimum absolute atomic E-state index is 0.115. The molecule has 5 N–H and O–H groups in total. The van der Waals surface area contributed by atoms with Gasteiger partial charge in [0.25, 0.3) is 0 Å². The van der Waals surface area contributed by atoms with Crippen molar-refractivity contribution in [1.29, 1.82) is 0 Å². The quantitative estimate of drug-likeness (QED) is 0.0703. The number of rotatable bonds is 22. The molecular formula is C34H47N5O9. The van der Waals surface area contributed by atoms with Gasteiger partial charge in [-0.05, 0) is 24.0 Å². The van der Waals surface area contributed by atoms with E-state index in [0.717, 1.165) is 30.4 Å². The fourth-order valence-corrected chi connectivity index (χ4v) is 4.08. The average Bonchev–Trinajstić information content (AvgIpc) is 3.09. The van der Waals surface area contributed by atoms with Crippen molar-refractivity contribution in [2.75, 3.05) is 39.6 Å². The van der Waals surface area contributed by atoms with Gasteiger partial charge < -0.3 is 40.8 Å². The summed E-state index contributed by atoms with van der Waals surface area (Å²) in [6.45, 7) is 2.86. The predicted molar refractivity (Wildman–Crippen MR) is 176 cm³/mol. The summed E-state index contributed by atoms with van der Waals surface area (Å²) in [5.41, 5.74) is 1.61. The Kier molecular flexibility index (Phi) is 19.1. The number of alkyl carbamates (subject to hydrolysis) is 1. The molecule has 0 spiro atoms. The summed E-state index contributed by atoms with van der Waals surface area (Å²) in [5, 5.41) is 12.2. The van der Waals surface area contributed by atoms with E-state index in [1.165, 1.54) is 0 Å². The molecule has 2 rings (SSSR count). The number of carbonyl (C=O) groups is 6. The Morgan fingerprint density at radius 2 is 1.17 bits per heavy atom. The maximum atomic E-state index is 13.1. The average molecular weight is 670 g/mol. The zero-order valence-corrected chi connectivity index (χ0v) is 27.6. The second kappa shape index (κ2) is 23.4. The van der Waals surface area contributed by atoms with Crippen LogP contribution in [0.25, 0.3) is 0 Å². The highest BCUT2D eigenvalue weighted by Crippen LogP contribution is 2.08. The molecule has 262 valence electrons. The summed E-state index contributed by atoms with van der Waals surface area (Å²) in [5.74, 6) is -3.03. The van der Waals surface area contributed by atoms with Gasteiger partial charge in [0, 0.05) is 12.8 Å². The van der Waals surface area contributed by atoms with Crippen LogP contribution in [0.5, 0.6) is 0 Å². The molecule has 0 fully saturated rings. The second-order valence-corrected chi connectivity index (χ2v) is 10.8. The Hall–Kier alpha value is -4.98. The smallest absolute Gasteiger partial charge is 0.407 e. The third kappa shape index (κ3) is 17.1. The molecular weight excluding hydrogens is 622 g/mol. The SMILES string of the molecule is CCCCOC(=O)NCC(=O)NCC(=O)N[C@@H](Cc1ccccc1)C(=O)NCC(=O)NCOC(Cc1ccccc1)C(=O)OCCCC. The van der Waals surface area contributed by atoms with Gasteiger partial charge in [-0.2, -0.15) is 0 Å². The number of amides is 5. The summed E-state index contributed by atoms with van der Waals surface area (Å²) in [6, 6.07) is 17.1. The van der Waals surface area contributed by atoms with E-state index >= 15 is 0 Å². The van der Waals surface area contributed by atoms with Crippen molar-refractivity contribution in [1.82, 2.24) is 26.6 Å². The van der Waals surface area contributed by atoms with E-state index in [0.29, 0.717) is 6.42 Å². The molecule has 0 bridgehead atoms. The van der Waals surface area contributed by atoms with E-state index in [-0.39, 0.29) is 32.8 Å². The van der Waals surface area contributed by atoms with Crippen molar-refractivity contribution in [2.24, 2.45) is 0 Å². The highest BCUT2D eigenvalue weighted by atomic mass is 16.6. The van der Waals surface area contributed by atoms with Crippen molar-refractivity contribution < 1.29 is 43.0 Å². The maximum Gasteiger partial charge on any atom is 0.407 e. The third-order valence-corrected chi connectivity index (χ3v) is 6.75. The Morgan fingerprint density at radius 3 is 1.79 bits per heavy atom. The number of esters is 1. The molecule has 1 unspecified atom stereocenters. The zero-order valence-electron chi connectivity index (χ0n) is 27.6. The monoisotopic (exact) mass is 669 g/mol. The first-order valence-corrected chi connectivity index (χ1v) is 16.1. The fraction of sp³-hybridized carbons (Fsp3) is 0.471. The van der Waals surface area contributed by atoms with Gasteiger partial charge in [-0.3, -0.25) is 19.2 Å². The van der Waals surface area contributed by atoms with Crippen LogP contribution in [0.3, 0.4) is 0 Å². The first kappa shape index (κ1) is 39.2. The lowest BCUT2D eigenvalue weighted by Crippen LogP contribution is -2.52. The van der Waals surface area contributed by atoms with Crippen LogP contribution >= 0.6 is 0 Å². The Balaban J connectivity index is 1.86. The van der Waals surface area contributed by atoms with Gasteiger partial charge in [-0.25, -0.2) is 9.59 Å². The summed E-state index contributed by atoms with van der Waals surface area (Å²) in [7, 11) is 0. The van der Waals surface area contributed by atoms with E-state index in [2.05, 4.69) is 26.6 Å². The van der Waals surface area contributed by atoms with Crippen molar-refractivity contribution in [2.45, 2.75) is 64.5 Å². The molecule has 14 heteroatoms. The van der Waals surface area contributed by atoms with Crippen molar-refractivity contribution in [3.05, 3.63) is 71.8 Å². The molecule has 2 aromatic rings. The maximum absolute atomic E-state index is 13.1. The summed E-state index contributed by atoms with van der Waals surface area (Å²) in [6.07, 6.45) is 1.81. The van der Waals surface area contributed by atoms with Gasteiger partial charge >= 0.3 is 12.1 Å². The van der Waals surface area contributed by atoms with Crippen LogP contribution in [-0.4, -0.2) is 87.4 Å². The number of carbonyl (C=O) groups excluding carboxylic acids is 6. The van der Waals surface area contributed by atoms with Gasteiger partial charge in [-0.15, -0.1) is 0 Å². The van der Waals surface area contributed by atoms with Crippen molar-refractivity contribution in [3.63, 3.8) is 0 Å². The molecule has 0 heterocycles. The van der Waals surface area contributed by atoms with Crippen LogP contribution in [0, 0.1) is 0 Å². The molecule has 0 saturated heterocycles. The lowest BCUT2D eigenvalue weighted by Gasteiger charge is -2.19. The van der Waals surface area contributed by atoms with Crippen molar-refractivity contribution >= 4 is 35.7 Å². The second-order valence-electron chi connectivity index (χ2n) is 10.8. The summed E-state index contributed by atoms with van der Waals surface area (Å²) < 4.78 is 15.9. The highest BCUT2D eigenvalue weighted by molar-refractivity contribution is 5.92. The van der Waals surface area contributed by atoms with Crippen LogP contribution in [-0.2, 0) is 51.0 Å². The van der Waals surface area contributed by atoms with E-state index in [1.54, 1.807) is 24.3 Å². The van der Waals surface area contributed by atoms with Crippen LogP contribution in [0.1, 0.15) is 50.7 Å².